The summed E-state index contributed by atoms with van der Waals surface area (Å²) in [6.07, 6.45) is -0.190. The first kappa shape index (κ1) is 17.4. The third-order valence-corrected chi connectivity index (χ3v) is 5.31. The van der Waals surface area contributed by atoms with Crippen LogP contribution in [0.25, 0.3) is 10.8 Å². The Morgan fingerprint density at radius 2 is 1.64 bits per heavy atom. The van der Waals surface area contributed by atoms with Crippen molar-refractivity contribution in [1.82, 2.24) is 0 Å². The molecule has 0 heterocycles. The van der Waals surface area contributed by atoms with E-state index in [1.54, 1.807) is 31.2 Å². The van der Waals surface area contributed by atoms with Crippen molar-refractivity contribution in [2.24, 2.45) is 0 Å². The van der Waals surface area contributed by atoms with Gasteiger partial charge in [-0.25, -0.2) is 4.57 Å². The van der Waals surface area contributed by atoms with Crippen LogP contribution in [0, 0.1) is 0 Å². The number of hydrogen-bond donors (Lipinski definition) is 1. The summed E-state index contributed by atoms with van der Waals surface area (Å²) in [6.45, 7) is 1.68. The molecule has 0 bridgehead atoms. The van der Waals surface area contributed by atoms with E-state index in [9.17, 15) is 14.3 Å². The molecule has 0 radical (unpaired) electrons. The Labute approximate surface area is 146 Å². The minimum absolute atomic E-state index is 0.190. The van der Waals surface area contributed by atoms with Crippen LogP contribution in [-0.2, 0) is 20.0 Å². The lowest BCUT2D eigenvalue weighted by molar-refractivity contribution is -0.136. The third kappa shape index (κ3) is 4.36. The number of carbonyl (C=O) groups is 1. The van der Waals surface area contributed by atoms with Gasteiger partial charge in [-0.05, 0) is 28.8 Å². The standard InChI is InChI=1S/C20H19O4P/c1-15(18-12-11-17-9-5-6-10-19(17)13-18)20(21)24-25(22,23)14-16-7-3-2-4-8-16/h2-13,15H,14H2,1H3,(H,22,23). The maximum absolute atomic E-state index is 12.3. The van der Waals surface area contributed by atoms with E-state index >= 15 is 0 Å². The topological polar surface area (TPSA) is 63.6 Å². The maximum Gasteiger partial charge on any atom is 0.383 e. The molecule has 0 aromatic heterocycles. The summed E-state index contributed by atoms with van der Waals surface area (Å²) in [5.41, 5.74) is 1.41. The molecule has 128 valence electrons. The lowest BCUT2D eigenvalue weighted by Gasteiger charge is -2.16. The minimum atomic E-state index is -4.04. The summed E-state index contributed by atoms with van der Waals surface area (Å²) < 4.78 is 17.2. The van der Waals surface area contributed by atoms with Gasteiger partial charge in [-0.15, -0.1) is 0 Å². The third-order valence-electron chi connectivity index (χ3n) is 4.08. The molecule has 0 fully saturated rings. The first-order valence-corrected chi connectivity index (χ1v) is 9.79. The normalized spacial score (nSPS) is 14.6. The summed E-state index contributed by atoms with van der Waals surface area (Å²) in [5, 5.41) is 2.08. The van der Waals surface area contributed by atoms with Gasteiger partial charge in [-0.3, -0.25) is 4.79 Å². The molecule has 0 aliphatic rings. The highest BCUT2D eigenvalue weighted by atomic mass is 31.2. The van der Waals surface area contributed by atoms with Crippen molar-refractivity contribution in [3.05, 3.63) is 83.9 Å². The maximum atomic E-state index is 12.3. The van der Waals surface area contributed by atoms with Crippen molar-refractivity contribution in [3.8, 4) is 0 Å². The summed E-state index contributed by atoms with van der Waals surface area (Å²) in [6, 6.07) is 22.3. The van der Waals surface area contributed by atoms with Crippen molar-refractivity contribution in [2.75, 3.05) is 0 Å². The Bertz CT molecular complexity index is 937. The molecule has 3 aromatic rings. The second-order valence-corrected chi connectivity index (χ2v) is 7.79. The molecule has 0 saturated carbocycles. The number of rotatable bonds is 5. The molecule has 0 amide bonds. The molecule has 3 aromatic carbocycles. The molecule has 0 saturated heterocycles. The second-order valence-electron chi connectivity index (χ2n) is 6.02. The van der Waals surface area contributed by atoms with Gasteiger partial charge in [0.25, 0.3) is 0 Å². The fraction of sp³-hybridized carbons (Fsp3) is 0.150. The Balaban J connectivity index is 1.73. The van der Waals surface area contributed by atoms with Crippen LogP contribution in [0.2, 0.25) is 0 Å². The van der Waals surface area contributed by atoms with Crippen LogP contribution >= 0.6 is 7.60 Å². The fourth-order valence-corrected chi connectivity index (χ4v) is 3.86. The molecule has 4 nitrogen and oxygen atoms in total. The number of benzene rings is 3. The molecule has 2 unspecified atom stereocenters. The van der Waals surface area contributed by atoms with Crippen molar-refractivity contribution in [3.63, 3.8) is 0 Å². The van der Waals surface area contributed by atoms with Crippen LogP contribution < -0.4 is 0 Å². The highest BCUT2D eigenvalue weighted by molar-refractivity contribution is 7.52. The fourth-order valence-electron chi connectivity index (χ4n) is 2.68. The Kier molecular flexibility index (Phi) is 5.03. The summed E-state index contributed by atoms with van der Waals surface area (Å²) in [4.78, 5) is 22.3. The van der Waals surface area contributed by atoms with Gasteiger partial charge in [0.1, 0.15) is 0 Å². The molecule has 1 N–H and O–H groups in total. The van der Waals surface area contributed by atoms with Gasteiger partial charge in [0.15, 0.2) is 0 Å². The summed E-state index contributed by atoms with van der Waals surface area (Å²) in [7, 11) is -4.04. The average molecular weight is 354 g/mol. The predicted octanol–water partition coefficient (Wildman–Crippen LogP) is 4.87. The lowest BCUT2D eigenvalue weighted by Crippen LogP contribution is -2.12. The van der Waals surface area contributed by atoms with E-state index in [1.165, 1.54) is 0 Å². The largest absolute Gasteiger partial charge is 0.391 e. The van der Waals surface area contributed by atoms with E-state index in [-0.39, 0.29) is 6.16 Å². The smallest absolute Gasteiger partial charge is 0.383 e. The summed E-state index contributed by atoms with van der Waals surface area (Å²) >= 11 is 0. The van der Waals surface area contributed by atoms with Gasteiger partial charge in [-0.1, -0.05) is 72.8 Å². The van der Waals surface area contributed by atoms with Crippen LogP contribution in [0.15, 0.2) is 72.8 Å². The number of fused-ring (bicyclic) bond motifs is 1. The molecular weight excluding hydrogens is 335 g/mol. The molecule has 2 atom stereocenters. The van der Waals surface area contributed by atoms with E-state index in [2.05, 4.69) is 0 Å². The molecule has 0 aliphatic carbocycles. The van der Waals surface area contributed by atoms with Gasteiger partial charge < -0.3 is 9.42 Å². The molecule has 0 aliphatic heterocycles. The van der Waals surface area contributed by atoms with Gasteiger partial charge in [0.2, 0.25) is 0 Å². The van der Waals surface area contributed by atoms with Gasteiger partial charge in [0, 0.05) is 0 Å². The SMILES string of the molecule is CC(C(=O)OP(=O)(O)Cc1ccccc1)c1ccc2ccccc2c1. The zero-order valence-corrected chi connectivity index (χ0v) is 14.7. The van der Waals surface area contributed by atoms with E-state index in [4.69, 9.17) is 4.52 Å². The zero-order valence-electron chi connectivity index (χ0n) is 13.8. The van der Waals surface area contributed by atoms with Crippen molar-refractivity contribution >= 4 is 24.3 Å². The first-order valence-electron chi connectivity index (χ1n) is 8.02. The van der Waals surface area contributed by atoms with Gasteiger partial charge >= 0.3 is 13.6 Å². The van der Waals surface area contributed by atoms with Gasteiger partial charge in [-0.2, -0.15) is 0 Å². The molecule has 25 heavy (non-hydrogen) atoms. The zero-order chi connectivity index (χ0) is 17.9. The Hall–Kier alpha value is -2.42. The quantitative estimate of drug-likeness (QED) is 0.664. The molecular formula is C20H19O4P. The monoisotopic (exact) mass is 354 g/mol. The average Bonchev–Trinajstić information content (AvgIpc) is 2.60. The van der Waals surface area contributed by atoms with Crippen LogP contribution in [-0.4, -0.2) is 10.9 Å². The second kappa shape index (κ2) is 7.22. The van der Waals surface area contributed by atoms with Crippen LogP contribution in [0.5, 0.6) is 0 Å². The van der Waals surface area contributed by atoms with Crippen LogP contribution in [0.1, 0.15) is 24.0 Å². The van der Waals surface area contributed by atoms with E-state index < -0.39 is 19.5 Å². The molecule has 5 heteroatoms. The minimum Gasteiger partial charge on any atom is -0.391 e. The highest BCUT2D eigenvalue weighted by Gasteiger charge is 2.28. The highest BCUT2D eigenvalue weighted by Crippen LogP contribution is 2.47. The first-order chi connectivity index (χ1) is 11.9. The molecule has 3 rings (SSSR count). The predicted molar refractivity (Wildman–Crippen MR) is 98.4 cm³/mol. The number of hydrogen-bond acceptors (Lipinski definition) is 3. The summed E-state index contributed by atoms with van der Waals surface area (Å²) in [5.74, 6) is -1.32. The Morgan fingerprint density at radius 1 is 1.00 bits per heavy atom. The lowest BCUT2D eigenvalue weighted by atomic mass is 9.98. The molecule has 0 spiro atoms. The van der Waals surface area contributed by atoms with E-state index in [1.807, 2.05) is 48.5 Å². The van der Waals surface area contributed by atoms with Gasteiger partial charge in [0.05, 0.1) is 12.1 Å². The Morgan fingerprint density at radius 3 is 2.36 bits per heavy atom. The van der Waals surface area contributed by atoms with Crippen molar-refractivity contribution in [2.45, 2.75) is 19.0 Å². The van der Waals surface area contributed by atoms with Crippen molar-refractivity contribution in [1.29, 1.82) is 0 Å². The van der Waals surface area contributed by atoms with Crippen LogP contribution in [0.4, 0.5) is 0 Å². The van der Waals surface area contributed by atoms with Crippen molar-refractivity contribution < 1.29 is 18.8 Å². The van der Waals surface area contributed by atoms with E-state index in [0.717, 1.165) is 16.3 Å². The number of carbonyl (C=O) groups excluding carboxylic acids is 1. The van der Waals surface area contributed by atoms with Crippen LogP contribution in [0.3, 0.4) is 0 Å². The van der Waals surface area contributed by atoms with E-state index in [0.29, 0.717) is 5.56 Å².